The molecule has 0 aliphatic heterocycles. The molecule has 0 fully saturated rings. The Labute approximate surface area is 141 Å². The van der Waals surface area contributed by atoms with Gasteiger partial charge in [-0.15, -0.1) is 0 Å². The van der Waals surface area contributed by atoms with E-state index in [1.807, 2.05) is 6.07 Å². The van der Waals surface area contributed by atoms with Gasteiger partial charge in [-0.2, -0.15) is 0 Å². The van der Waals surface area contributed by atoms with Crippen molar-refractivity contribution in [2.45, 2.75) is 6.54 Å². The van der Waals surface area contributed by atoms with E-state index in [1.54, 1.807) is 30.3 Å². The van der Waals surface area contributed by atoms with Crippen LogP contribution in [0, 0.1) is 0 Å². The van der Waals surface area contributed by atoms with Crippen molar-refractivity contribution in [3.63, 3.8) is 0 Å². The molecule has 1 aromatic heterocycles. The molecule has 2 aromatic carbocycles. The first-order valence-electron chi connectivity index (χ1n) is 6.40. The van der Waals surface area contributed by atoms with Gasteiger partial charge in [0, 0.05) is 11.6 Å². The summed E-state index contributed by atoms with van der Waals surface area (Å²) in [5.41, 5.74) is 1.25. The van der Waals surface area contributed by atoms with Crippen LogP contribution in [-0.2, 0) is 6.54 Å². The number of anilines is 1. The fourth-order valence-electron chi connectivity index (χ4n) is 2.03. The summed E-state index contributed by atoms with van der Waals surface area (Å²) in [5, 5.41) is 4.98. The molecule has 0 aliphatic carbocycles. The van der Waals surface area contributed by atoms with Crippen molar-refractivity contribution in [2.75, 3.05) is 5.32 Å². The van der Waals surface area contributed by atoms with Crippen molar-refractivity contribution in [3.05, 3.63) is 67.4 Å². The lowest BCUT2D eigenvalue weighted by molar-refractivity contribution is 1.06. The summed E-state index contributed by atoms with van der Waals surface area (Å²) in [6, 6.07) is 10.3. The van der Waals surface area contributed by atoms with Crippen molar-refractivity contribution in [3.8, 4) is 0 Å². The molecular formula is C15H10Cl3N3O. The van der Waals surface area contributed by atoms with Crippen LogP contribution in [0.5, 0.6) is 0 Å². The second-order valence-electron chi connectivity index (χ2n) is 4.68. The molecular weight excluding hydrogens is 345 g/mol. The summed E-state index contributed by atoms with van der Waals surface area (Å²) in [4.78, 5) is 19.1. The Bertz CT molecular complexity index is 908. The van der Waals surface area contributed by atoms with Gasteiger partial charge in [0.15, 0.2) is 0 Å². The number of hydrogen-bond donors (Lipinski definition) is 2. The number of benzene rings is 2. The Morgan fingerprint density at radius 1 is 1.05 bits per heavy atom. The first kappa shape index (κ1) is 15.2. The molecule has 0 spiro atoms. The number of rotatable bonds is 3. The average Bonchev–Trinajstić information content (AvgIpc) is 2.49. The van der Waals surface area contributed by atoms with E-state index in [2.05, 4.69) is 15.3 Å². The van der Waals surface area contributed by atoms with E-state index in [1.165, 1.54) is 0 Å². The summed E-state index contributed by atoms with van der Waals surface area (Å²) in [7, 11) is 0. The van der Waals surface area contributed by atoms with Crippen molar-refractivity contribution in [1.29, 1.82) is 0 Å². The van der Waals surface area contributed by atoms with Crippen LogP contribution >= 0.6 is 34.8 Å². The van der Waals surface area contributed by atoms with Crippen LogP contribution in [-0.4, -0.2) is 9.97 Å². The number of hydrogen-bond acceptors (Lipinski definition) is 3. The number of fused-ring (bicyclic) bond motifs is 1. The number of halogens is 3. The molecule has 0 saturated heterocycles. The Kier molecular flexibility index (Phi) is 4.25. The smallest absolute Gasteiger partial charge is 0.260 e. The van der Waals surface area contributed by atoms with Gasteiger partial charge in [0.1, 0.15) is 0 Å². The van der Waals surface area contributed by atoms with Crippen LogP contribution in [0.25, 0.3) is 10.9 Å². The highest BCUT2D eigenvalue weighted by molar-refractivity contribution is 6.42. The SMILES string of the molecule is O=c1[nH]c(NCc2ccc(Cl)c(Cl)c2)nc2ccc(Cl)cc12. The zero-order valence-electron chi connectivity index (χ0n) is 11.2. The monoisotopic (exact) mass is 353 g/mol. The van der Waals surface area contributed by atoms with Crippen LogP contribution in [0.2, 0.25) is 15.1 Å². The lowest BCUT2D eigenvalue weighted by Crippen LogP contribution is -2.13. The molecule has 1 heterocycles. The third kappa shape index (κ3) is 3.19. The number of nitrogens with one attached hydrogen (secondary N) is 2. The minimum Gasteiger partial charge on any atom is -0.352 e. The number of aromatic nitrogens is 2. The minimum absolute atomic E-state index is 0.246. The van der Waals surface area contributed by atoms with Gasteiger partial charge in [0.25, 0.3) is 5.56 Å². The summed E-state index contributed by atoms with van der Waals surface area (Å²) in [6.07, 6.45) is 0. The van der Waals surface area contributed by atoms with Crippen molar-refractivity contribution >= 4 is 51.7 Å². The van der Waals surface area contributed by atoms with Gasteiger partial charge in [-0.3, -0.25) is 9.78 Å². The van der Waals surface area contributed by atoms with E-state index in [4.69, 9.17) is 34.8 Å². The first-order chi connectivity index (χ1) is 10.5. The Morgan fingerprint density at radius 2 is 1.86 bits per heavy atom. The zero-order valence-corrected chi connectivity index (χ0v) is 13.4. The second kappa shape index (κ2) is 6.16. The van der Waals surface area contributed by atoms with Gasteiger partial charge in [-0.25, -0.2) is 4.98 Å². The van der Waals surface area contributed by atoms with Crippen LogP contribution in [0.4, 0.5) is 5.95 Å². The van der Waals surface area contributed by atoms with Crippen LogP contribution in [0.1, 0.15) is 5.56 Å². The summed E-state index contributed by atoms with van der Waals surface area (Å²) in [5.74, 6) is 0.380. The normalized spacial score (nSPS) is 10.9. The third-order valence-corrected chi connectivity index (χ3v) is 4.09. The molecule has 0 aliphatic rings. The summed E-state index contributed by atoms with van der Waals surface area (Å²) >= 11 is 17.7. The standard InChI is InChI=1S/C15H10Cl3N3O/c16-9-2-4-13-10(6-9)14(22)21-15(20-13)19-7-8-1-3-11(17)12(18)5-8/h1-6H,7H2,(H2,19,20,21,22). The lowest BCUT2D eigenvalue weighted by atomic mass is 10.2. The molecule has 0 atom stereocenters. The van der Waals surface area contributed by atoms with Gasteiger partial charge >= 0.3 is 0 Å². The van der Waals surface area contributed by atoms with Gasteiger partial charge in [0.05, 0.1) is 20.9 Å². The van der Waals surface area contributed by atoms with E-state index < -0.39 is 0 Å². The molecule has 3 aromatic rings. The van der Waals surface area contributed by atoms with E-state index in [9.17, 15) is 4.79 Å². The number of nitrogens with zero attached hydrogens (tertiary/aromatic N) is 1. The molecule has 112 valence electrons. The number of aromatic amines is 1. The second-order valence-corrected chi connectivity index (χ2v) is 5.93. The summed E-state index contributed by atoms with van der Waals surface area (Å²) < 4.78 is 0. The lowest BCUT2D eigenvalue weighted by Gasteiger charge is -2.07. The Hall–Kier alpha value is -1.75. The van der Waals surface area contributed by atoms with E-state index in [-0.39, 0.29) is 5.56 Å². The predicted molar refractivity (Wildman–Crippen MR) is 91.2 cm³/mol. The average molecular weight is 355 g/mol. The zero-order chi connectivity index (χ0) is 15.7. The first-order valence-corrected chi connectivity index (χ1v) is 7.54. The highest BCUT2D eigenvalue weighted by Crippen LogP contribution is 2.23. The molecule has 0 bridgehead atoms. The summed E-state index contributed by atoms with van der Waals surface area (Å²) in [6.45, 7) is 0.457. The highest BCUT2D eigenvalue weighted by Gasteiger charge is 2.05. The maximum absolute atomic E-state index is 12.0. The maximum Gasteiger partial charge on any atom is 0.260 e. The van der Waals surface area contributed by atoms with E-state index >= 15 is 0 Å². The van der Waals surface area contributed by atoms with Crippen molar-refractivity contribution < 1.29 is 0 Å². The molecule has 2 N–H and O–H groups in total. The molecule has 0 unspecified atom stereocenters. The molecule has 0 saturated carbocycles. The molecule has 0 radical (unpaired) electrons. The largest absolute Gasteiger partial charge is 0.352 e. The van der Waals surface area contributed by atoms with Gasteiger partial charge < -0.3 is 5.32 Å². The van der Waals surface area contributed by atoms with E-state index in [0.29, 0.717) is 38.5 Å². The Morgan fingerprint density at radius 3 is 2.64 bits per heavy atom. The minimum atomic E-state index is -0.246. The highest BCUT2D eigenvalue weighted by atomic mass is 35.5. The molecule has 0 amide bonds. The quantitative estimate of drug-likeness (QED) is 0.728. The third-order valence-electron chi connectivity index (χ3n) is 3.11. The van der Waals surface area contributed by atoms with Gasteiger partial charge in [-0.1, -0.05) is 40.9 Å². The van der Waals surface area contributed by atoms with Crippen LogP contribution < -0.4 is 10.9 Å². The molecule has 7 heteroatoms. The number of H-pyrrole nitrogens is 1. The van der Waals surface area contributed by atoms with Crippen molar-refractivity contribution in [1.82, 2.24) is 9.97 Å². The van der Waals surface area contributed by atoms with E-state index in [0.717, 1.165) is 5.56 Å². The van der Waals surface area contributed by atoms with Crippen LogP contribution in [0.15, 0.2) is 41.2 Å². The molecule has 22 heavy (non-hydrogen) atoms. The Balaban J connectivity index is 1.86. The fraction of sp³-hybridized carbons (Fsp3) is 0.0667. The predicted octanol–water partition coefficient (Wildman–Crippen LogP) is 4.50. The topological polar surface area (TPSA) is 57.8 Å². The molecule has 4 nitrogen and oxygen atoms in total. The molecule has 3 rings (SSSR count). The van der Waals surface area contributed by atoms with Crippen LogP contribution in [0.3, 0.4) is 0 Å². The fourth-order valence-corrected chi connectivity index (χ4v) is 2.52. The van der Waals surface area contributed by atoms with Gasteiger partial charge in [-0.05, 0) is 35.9 Å². The van der Waals surface area contributed by atoms with Gasteiger partial charge in [0.2, 0.25) is 5.95 Å². The maximum atomic E-state index is 12.0. The van der Waals surface area contributed by atoms with Crippen molar-refractivity contribution in [2.24, 2.45) is 0 Å².